The molecule has 0 aliphatic heterocycles. The van der Waals surface area contributed by atoms with E-state index in [0.29, 0.717) is 0 Å². The van der Waals surface area contributed by atoms with Crippen LogP contribution in [0.1, 0.15) is 12.8 Å². The maximum atomic E-state index is 12.0. The SMILES string of the molecule is NCC(=O)NCC(=O)NC(CC(N)=O)C(=O)NC(CC(=O)O)C(=O)O. The molecular weight excluding hydrogens is 342 g/mol. The lowest BCUT2D eigenvalue weighted by Crippen LogP contribution is -2.54. The summed E-state index contributed by atoms with van der Waals surface area (Å²) >= 11 is 0. The molecule has 0 aromatic carbocycles. The number of carbonyl (C=O) groups excluding carboxylic acids is 4. The van der Waals surface area contributed by atoms with Gasteiger partial charge in [0.15, 0.2) is 0 Å². The fourth-order valence-corrected chi connectivity index (χ4v) is 1.55. The molecule has 0 aromatic heterocycles. The van der Waals surface area contributed by atoms with Gasteiger partial charge in [0, 0.05) is 0 Å². The lowest BCUT2D eigenvalue weighted by molar-refractivity contribution is -0.147. The van der Waals surface area contributed by atoms with Gasteiger partial charge in [0.1, 0.15) is 12.1 Å². The molecule has 0 fully saturated rings. The van der Waals surface area contributed by atoms with Crippen LogP contribution in [0.4, 0.5) is 0 Å². The second-order valence-electron chi connectivity index (χ2n) is 4.77. The minimum atomic E-state index is -1.77. The fraction of sp³-hybridized carbons (Fsp3) is 0.500. The van der Waals surface area contributed by atoms with Crippen LogP contribution in [-0.4, -0.2) is 71.0 Å². The molecule has 0 saturated carbocycles. The van der Waals surface area contributed by atoms with Crippen LogP contribution in [-0.2, 0) is 28.8 Å². The van der Waals surface area contributed by atoms with Gasteiger partial charge in [-0.2, -0.15) is 0 Å². The van der Waals surface area contributed by atoms with Crippen LogP contribution in [0.3, 0.4) is 0 Å². The van der Waals surface area contributed by atoms with Gasteiger partial charge in [-0.3, -0.25) is 24.0 Å². The topological polar surface area (TPSA) is 231 Å². The maximum absolute atomic E-state index is 12.0. The number of amides is 4. The number of hydrogen-bond acceptors (Lipinski definition) is 7. The Labute approximate surface area is 141 Å². The zero-order chi connectivity index (χ0) is 19.6. The molecule has 9 N–H and O–H groups in total. The summed E-state index contributed by atoms with van der Waals surface area (Å²) in [5.74, 6) is -6.70. The average Bonchev–Trinajstić information content (AvgIpc) is 2.50. The molecule has 0 rings (SSSR count). The highest BCUT2D eigenvalue weighted by Gasteiger charge is 2.29. The van der Waals surface area contributed by atoms with Crippen molar-refractivity contribution in [3.8, 4) is 0 Å². The fourth-order valence-electron chi connectivity index (χ4n) is 1.55. The molecule has 0 radical (unpaired) electrons. The van der Waals surface area contributed by atoms with Gasteiger partial charge >= 0.3 is 11.9 Å². The summed E-state index contributed by atoms with van der Waals surface area (Å²) in [5, 5.41) is 23.6. The van der Waals surface area contributed by atoms with Gasteiger partial charge in [0.25, 0.3) is 0 Å². The standard InChI is InChI=1S/C12H19N5O8/c13-3-8(19)15-4-9(20)16-5(1-7(14)18)11(23)17-6(12(24)25)2-10(21)22/h5-6H,1-4,13H2,(H2,14,18)(H,15,19)(H,16,20)(H,17,23)(H,21,22)(H,24,25). The number of nitrogens with one attached hydrogen (secondary N) is 3. The van der Waals surface area contributed by atoms with Crippen molar-refractivity contribution in [2.75, 3.05) is 13.1 Å². The number of primary amides is 1. The quantitative estimate of drug-likeness (QED) is 0.187. The first kappa shape index (κ1) is 21.8. The summed E-state index contributed by atoms with van der Waals surface area (Å²) in [4.78, 5) is 67.1. The molecule has 0 aromatic rings. The van der Waals surface area contributed by atoms with E-state index in [1.54, 1.807) is 0 Å². The van der Waals surface area contributed by atoms with E-state index in [2.05, 4.69) is 10.6 Å². The summed E-state index contributed by atoms with van der Waals surface area (Å²) in [5.41, 5.74) is 9.98. The highest BCUT2D eigenvalue weighted by atomic mass is 16.4. The van der Waals surface area contributed by atoms with Crippen molar-refractivity contribution in [1.29, 1.82) is 0 Å². The van der Waals surface area contributed by atoms with E-state index in [1.807, 2.05) is 5.32 Å². The molecule has 13 heteroatoms. The number of nitrogens with two attached hydrogens (primary N) is 2. The van der Waals surface area contributed by atoms with Crippen LogP contribution in [0.15, 0.2) is 0 Å². The molecule has 2 atom stereocenters. The van der Waals surface area contributed by atoms with Crippen LogP contribution < -0.4 is 27.4 Å². The van der Waals surface area contributed by atoms with Crippen LogP contribution in [0, 0.1) is 0 Å². The zero-order valence-electron chi connectivity index (χ0n) is 13.0. The smallest absolute Gasteiger partial charge is 0.326 e. The Hall–Kier alpha value is -3.22. The Morgan fingerprint density at radius 3 is 1.92 bits per heavy atom. The highest BCUT2D eigenvalue weighted by molar-refractivity contribution is 5.95. The number of carbonyl (C=O) groups is 6. The molecule has 13 nitrogen and oxygen atoms in total. The molecule has 2 unspecified atom stereocenters. The number of aliphatic carboxylic acids is 2. The lowest BCUT2D eigenvalue weighted by Gasteiger charge is -2.20. The van der Waals surface area contributed by atoms with Crippen molar-refractivity contribution in [2.24, 2.45) is 11.5 Å². The Morgan fingerprint density at radius 1 is 0.880 bits per heavy atom. The molecule has 140 valence electrons. The van der Waals surface area contributed by atoms with E-state index in [9.17, 15) is 28.8 Å². The Balaban J connectivity index is 4.93. The first-order valence-corrected chi connectivity index (χ1v) is 6.86. The molecule has 0 aliphatic carbocycles. The zero-order valence-corrected chi connectivity index (χ0v) is 13.0. The molecule has 0 heterocycles. The summed E-state index contributed by atoms with van der Waals surface area (Å²) in [6.07, 6.45) is -1.58. The summed E-state index contributed by atoms with van der Waals surface area (Å²) in [6, 6.07) is -3.32. The van der Waals surface area contributed by atoms with Crippen LogP contribution in [0.2, 0.25) is 0 Å². The number of rotatable bonds is 11. The number of hydrogen-bond donors (Lipinski definition) is 7. The number of carboxylic acid groups (broad SMARTS) is 2. The van der Waals surface area contributed by atoms with Gasteiger partial charge in [0.2, 0.25) is 23.6 Å². The van der Waals surface area contributed by atoms with E-state index in [0.717, 1.165) is 0 Å². The van der Waals surface area contributed by atoms with Gasteiger partial charge in [-0.25, -0.2) is 4.79 Å². The van der Waals surface area contributed by atoms with Crippen LogP contribution in [0.25, 0.3) is 0 Å². The van der Waals surface area contributed by atoms with Crippen LogP contribution >= 0.6 is 0 Å². The van der Waals surface area contributed by atoms with Gasteiger partial charge in [-0.15, -0.1) is 0 Å². The molecule has 0 saturated heterocycles. The third-order valence-electron chi connectivity index (χ3n) is 2.68. The second kappa shape index (κ2) is 10.5. The van der Waals surface area contributed by atoms with E-state index >= 15 is 0 Å². The third kappa shape index (κ3) is 9.50. The van der Waals surface area contributed by atoms with E-state index < -0.39 is 67.0 Å². The lowest BCUT2D eigenvalue weighted by atomic mass is 10.1. The molecular formula is C12H19N5O8. The summed E-state index contributed by atoms with van der Waals surface area (Å²) in [7, 11) is 0. The predicted octanol–water partition coefficient (Wildman–Crippen LogP) is -4.53. The minimum Gasteiger partial charge on any atom is -0.481 e. The molecule has 4 amide bonds. The van der Waals surface area contributed by atoms with Crippen LogP contribution in [0.5, 0.6) is 0 Å². The van der Waals surface area contributed by atoms with E-state index in [-0.39, 0.29) is 6.54 Å². The van der Waals surface area contributed by atoms with Gasteiger partial charge in [0.05, 0.1) is 25.9 Å². The van der Waals surface area contributed by atoms with E-state index in [4.69, 9.17) is 21.7 Å². The van der Waals surface area contributed by atoms with Crippen molar-refractivity contribution in [2.45, 2.75) is 24.9 Å². The maximum Gasteiger partial charge on any atom is 0.326 e. The minimum absolute atomic E-state index is 0.367. The van der Waals surface area contributed by atoms with Crippen molar-refractivity contribution in [3.63, 3.8) is 0 Å². The van der Waals surface area contributed by atoms with Gasteiger partial charge in [-0.1, -0.05) is 0 Å². The van der Waals surface area contributed by atoms with Crippen molar-refractivity contribution in [1.82, 2.24) is 16.0 Å². The Kier molecular flexibility index (Phi) is 9.18. The second-order valence-corrected chi connectivity index (χ2v) is 4.77. The third-order valence-corrected chi connectivity index (χ3v) is 2.68. The Morgan fingerprint density at radius 2 is 1.48 bits per heavy atom. The first-order chi connectivity index (χ1) is 11.6. The van der Waals surface area contributed by atoms with Crippen molar-refractivity contribution < 1.29 is 39.0 Å². The summed E-state index contributed by atoms with van der Waals surface area (Å²) < 4.78 is 0. The largest absolute Gasteiger partial charge is 0.481 e. The summed E-state index contributed by atoms with van der Waals surface area (Å²) in [6.45, 7) is -0.913. The van der Waals surface area contributed by atoms with Gasteiger partial charge < -0.3 is 37.6 Å². The molecule has 0 aliphatic rings. The normalized spacial score (nSPS) is 12.4. The predicted molar refractivity (Wildman–Crippen MR) is 79.6 cm³/mol. The van der Waals surface area contributed by atoms with Crippen molar-refractivity contribution >= 4 is 35.6 Å². The number of carboxylic acids is 2. The van der Waals surface area contributed by atoms with Gasteiger partial charge in [-0.05, 0) is 0 Å². The first-order valence-electron chi connectivity index (χ1n) is 6.86. The average molecular weight is 361 g/mol. The van der Waals surface area contributed by atoms with E-state index in [1.165, 1.54) is 0 Å². The Bertz CT molecular complexity index is 564. The highest BCUT2D eigenvalue weighted by Crippen LogP contribution is 1.98. The molecule has 25 heavy (non-hydrogen) atoms. The van der Waals surface area contributed by atoms with Crippen molar-refractivity contribution in [3.05, 3.63) is 0 Å². The molecule has 0 spiro atoms. The monoisotopic (exact) mass is 361 g/mol. The molecule has 0 bridgehead atoms.